The first-order valence-electron chi connectivity index (χ1n) is 6.18. The Hall–Kier alpha value is -2.21. The van der Waals surface area contributed by atoms with Gasteiger partial charge in [-0.15, -0.1) is 0 Å². The zero-order valence-corrected chi connectivity index (χ0v) is 12.1. The summed E-state index contributed by atoms with van der Waals surface area (Å²) < 4.78 is 28.5. The number of benzene rings is 2. The van der Waals surface area contributed by atoms with Crippen LogP contribution in [-0.2, 0) is 0 Å². The molecule has 0 aliphatic rings. The van der Waals surface area contributed by atoms with E-state index in [1.54, 1.807) is 12.1 Å². The Bertz CT molecular complexity index is 645. The largest absolute Gasteiger partial charge is 0.435 e. The second-order valence-corrected chi connectivity index (χ2v) is 4.88. The molecule has 3 N–H and O–H groups in total. The first kappa shape index (κ1) is 15.2. The van der Waals surface area contributed by atoms with Crippen molar-refractivity contribution >= 4 is 28.6 Å². The van der Waals surface area contributed by atoms with Crippen LogP contribution in [0.1, 0.15) is 11.1 Å². The molecule has 0 unspecified atom stereocenters. The summed E-state index contributed by atoms with van der Waals surface area (Å²) in [6.45, 7) is -0.879. The Kier molecular flexibility index (Phi) is 4.70. The van der Waals surface area contributed by atoms with Crippen LogP contribution in [0.3, 0.4) is 0 Å². The lowest BCUT2D eigenvalue weighted by Crippen LogP contribution is -2.12. The number of aryl methyl sites for hydroxylation is 1. The lowest BCUT2D eigenvalue weighted by Gasteiger charge is -2.13. The average Bonchev–Trinajstić information content (AvgIpc) is 2.40. The normalized spacial score (nSPS) is 10.5. The van der Waals surface area contributed by atoms with Crippen molar-refractivity contribution in [3.63, 3.8) is 0 Å². The Morgan fingerprint density at radius 1 is 1.19 bits per heavy atom. The molecule has 0 saturated carbocycles. The first-order valence-corrected chi connectivity index (χ1v) is 6.59. The first-order chi connectivity index (χ1) is 9.95. The molecule has 0 heterocycles. The topological polar surface area (TPSA) is 47.3 Å². The molecule has 0 aromatic heterocycles. The third-order valence-corrected chi connectivity index (χ3v) is 3.02. The molecule has 2 aromatic rings. The van der Waals surface area contributed by atoms with Gasteiger partial charge in [-0.1, -0.05) is 18.3 Å². The molecule has 6 heteroatoms. The minimum Gasteiger partial charge on any atom is -0.435 e. The van der Waals surface area contributed by atoms with Crippen molar-refractivity contribution < 1.29 is 13.5 Å². The summed E-state index contributed by atoms with van der Waals surface area (Å²) in [4.78, 5) is 0.287. The van der Waals surface area contributed by atoms with Crippen LogP contribution >= 0.6 is 12.2 Å². The lowest BCUT2D eigenvalue weighted by atomic mass is 10.1. The van der Waals surface area contributed by atoms with E-state index in [0.717, 1.165) is 22.5 Å². The third-order valence-electron chi connectivity index (χ3n) is 2.80. The highest BCUT2D eigenvalue weighted by atomic mass is 32.1. The summed E-state index contributed by atoms with van der Waals surface area (Å²) in [5, 5.41) is 3.16. The molecular formula is C15H14F2N2OS. The highest BCUT2D eigenvalue weighted by Gasteiger charge is 2.07. The Morgan fingerprint density at radius 2 is 1.86 bits per heavy atom. The Morgan fingerprint density at radius 3 is 2.43 bits per heavy atom. The number of alkyl halides is 2. The fraction of sp³-hybridized carbons (Fsp3) is 0.133. The van der Waals surface area contributed by atoms with E-state index in [9.17, 15) is 8.78 Å². The van der Waals surface area contributed by atoms with E-state index in [0.29, 0.717) is 0 Å². The standard InChI is InChI=1S/C15H14F2N2OS/c1-9-2-7-12(14(18)21)13(8-9)19-10-3-5-11(6-4-10)20-15(16)17/h2-8,15,19H,1H3,(H2,18,21). The summed E-state index contributed by atoms with van der Waals surface area (Å²) >= 11 is 5.01. The van der Waals surface area contributed by atoms with E-state index in [-0.39, 0.29) is 10.7 Å². The minimum absolute atomic E-state index is 0.106. The van der Waals surface area contributed by atoms with Crippen molar-refractivity contribution in [2.45, 2.75) is 13.5 Å². The zero-order valence-electron chi connectivity index (χ0n) is 11.3. The highest BCUT2D eigenvalue weighted by molar-refractivity contribution is 7.80. The summed E-state index contributed by atoms with van der Waals surface area (Å²) in [5.74, 6) is 0.106. The van der Waals surface area contributed by atoms with Crippen molar-refractivity contribution in [3.05, 3.63) is 53.6 Å². The number of hydrogen-bond acceptors (Lipinski definition) is 3. The molecule has 0 saturated heterocycles. The maximum atomic E-state index is 12.1. The van der Waals surface area contributed by atoms with Crippen LogP contribution in [0.25, 0.3) is 0 Å². The number of nitrogens with one attached hydrogen (secondary N) is 1. The molecule has 2 aromatic carbocycles. The van der Waals surface area contributed by atoms with E-state index < -0.39 is 6.61 Å². The van der Waals surface area contributed by atoms with Gasteiger partial charge in [-0.3, -0.25) is 0 Å². The van der Waals surface area contributed by atoms with E-state index in [2.05, 4.69) is 10.1 Å². The summed E-state index contributed by atoms with van der Waals surface area (Å²) in [6, 6.07) is 11.9. The van der Waals surface area contributed by atoms with Gasteiger partial charge < -0.3 is 15.8 Å². The van der Waals surface area contributed by atoms with Crippen LogP contribution < -0.4 is 15.8 Å². The number of halogens is 2. The van der Waals surface area contributed by atoms with E-state index in [1.807, 2.05) is 25.1 Å². The monoisotopic (exact) mass is 308 g/mol. The van der Waals surface area contributed by atoms with Crippen molar-refractivity contribution in [2.24, 2.45) is 5.73 Å². The molecule has 110 valence electrons. The minimum atomic E-state index is -2.83. The zero-order chi connectivity index (χ0) is 15.4. The van der Waals surface area contributed by atoms with Crippen LogP contribution in [0, 0.1) is 6.92 Å². The molecule has 0 aliphatic heterocycles. The number of anilines is 2. The quantitative estimate of drug-likeness (QED) is 0.820. The number of rotatable bonds is 5. The predicted octanol–water partition coefficient (Wildman–Crippen LogP) is 3.97. The Balaban J connectivity index is 2.22. The van der Waals surface area contributed by atoms with Crippen molar-refractivity contribution in [1.29, 1.82) is 0 Å². The molecule has 0 amide bonds. The summed E-state index contributed by atoms with van der Waals surface area (Å²) in [5.41, 5.74) is 8.95. The molecule has 0 atom stereocenters. The number of thiocarbonyl (C=S) groups is 1. The van der Waals surface area contributed by atoms with Crippen molar-refractivity contribution in [2.75, 3.05) is 5.32 Å². The van der Waals surface area contributed by atoms with Gasteiger partial charge in [0, 0.05) is 16.9 Å². The van der Waals surface area contributed by atoms with Crippen LogP contribution in [0.15, 0.2) is 42.5 Å². The van der Waals surface area contributed by atoms with Gasteiger partial charge in [-0.2, -0.15) is 8.78 Å². The van der Waals surface area contributed by atoms with Crippen molar-refractivity contribution in [1.82, 2.24) is 0 Å². The molecule has 3 nitrogen and oxygen atoms in total. The van der Waals surface area contributed by atoms with E-state index in [4.69, 9.17) is 18.0 Å². The van der Waals surface area contributed by atoms with Gasteiger partial charge in [-0.05, 0) is 48.9 Å². The lowest BCUT2D eigenvalue weighted by molar-refractivity contribution is -0.0498. The molecule has 0 aliphatic carbocycles. The summed E-state index contributed by atoms with van der Waals surface area (Å²) in [6.07, 6.45) is 0. The maximum Gasteiger partial charge on any atom is 0.387 e. The van der Waals surface area contributed by atoms with E-state index >= 15 is 0 Å². The molecule has 0 fully saturated rings. The number of nitrogens with two attached hydrogens (primary N) is 1. The van der Waals surface area contributed by atoms with E-state index in [1.165, 1.54) is 12.1 Å². The van der Waals surface area contributed by atoms with Gasteiger partial charge in [0.2, 0.25) is 0 Å². The molecule has 0 radical (unpaired) electrons. The average molecular weight is 308 g/mol. The SMILES string of the molecule is Cc1ccc(C(N)=S)c(Nc2ccc(OC(F)F)cc2)c1. The molecule has 21 heavy (non-hydrogen) atoms. The highest BCUT2D eigenvalue weighted by Crippen LogP contribution is 2.24. The van der Waals surface area contributed by atoms with Gasteiger partial charge >= 0.3 is 6.61 Å². The van der Waals surface area contributed by atoms with Gasteiger partial charge in [0.15, 0.2) is 0 Å². The predicted molar refractivity (Wildman–Crippen MR) is 83.4 cm³/mol. The summed E-state index contributed by atoms with van der Waals surface area (Å²) in [7, 11) is 0. The van der Waals surface area contributed by atoms with Gasteiger partial charge in [0.1, 0.15) is 10.7 Å². The van der Waals surface area contributed by atoms with Crippen LogP contribution in [0.4, 0.5) is 20.2 Å². The number of ether oxygens (including phenoxy) is 1. The van der Waals surface area contributed by atoms with Gasteiger partial charge in [-0.25, -0.2) is 0 Å². The molecule has 0 bridgehead atoms. The fourth-order valence-electron chi connectivity index (χ4n) is 1.85. The third kappa shape index (κ3) is 4.13. The number of hydrogen-bond donors (Lipinski definition) is 2. The molecule has 2 rings (SSSR count). The smallest absolute Gasteiger partial charge is 0.387 e. The van der Waals surface area contributed by atoms with Crippen LogP contribution in [-0.4, -0.2) is 11.6 Å². The molecule has 0 spiro atoms. The van der Waals surface area contributed by atoms with Gasteiger partial charge in [0.25, 0.3) is 0 Å². The fourth-order valence-corrected chi connectivity index (χ4v) is 2.03. The second-order valence-electron chi connectivity index (χ2n) is 4.44. The van der Waals surface area contributed by atoms with Crippen LogP contribution in [0.2, 0.25) is 0 Å². The Labute approximate surface area is 126 Å². The maximum absolute atomic E-state index is 12.1. The van der Waals surface area contributed by atoms with Crippen LogP contribution in [0.5, 0.6) is 5.75 Å². The van der Waals surface area contributed by atoms with Gasteiger partial charge in [0.05, 0.1) is 0 Å². The molecular weight excluding hydrogens is 294 g/mol. The van der Waals surface area contributed by atoms with Crippen molar-refractivity contribution in [3.8, 4) is 5.75 Å². The second kappa shape index (κ2) is 6.49.